The van der Waals surface area contributed by atoms with Crippen LogP contribution in [0.25, 0.3) is 39.5 Å². The van der Waals surface area contributed by atoms with Crippen molar-refractivity contribution >= 4 is 43.7 Å². The second kappa shape index (κ2) is 9.61. The molecule has 0 heterocycles. The first-order valence-electron chi connectivity index (χ1n) is 12.6. The molecule has 0 bridgehead atoms. The Morgan fingerprint density at radius 2 is 1.47 bits per heavy atom. The van der Waals surface area contributed by atoms with E-state index in [1.807, 2.05) is 6.08 Å². The van der Waals surface area contributed by atoms with Crippen LogP contribution in [0, 0.1) is 0 Å². The monoisotopic (exact) mass is 596 g/mol. The molecule has 3 heteroatoms. The lowest BCUT2D eigenvalue weighted by molar-refractivity contribution is 0.0994. The van der Waals surface area contributed by atoms with Crippen molar-refractivity contribution in [3.63, 3.8) is 0 Å². The molecule has 0 saturated heterocycles. The first-order valence-corrected chi connectivity index (χ1v) is 14.2. The second-order valence-electron chi connectivity index (χ2n) is 9.70. The summed E-state index contributed by atoms with van der Waals surface area (Å²) in [6.45, 7) is 2.23. The Hall–Kier alpha value is -2.75. The van der Waals surface area contributed by atoms with Gasteiger partial charge in [-0.05, 0) is 87.2 Å². The number of benzene rings is 4. The van der Waals surface area contributed by atoms with E-state index >= 15 is 0 Å². The molecule has 36 heavy (non-hydrogen) atoms. The van der Waals surface area contributed by atoms with Gasteiger partial charge in [-0.1, -0.05) is 99.8 Å². The number of Topliss-reactive ketones (excluding diaryl/α,β-unsaturated/α-hetero) is 1. The van der Waals surface area contributed by atoms with Crippen molar-refractivity contribution in [2.24, 2.45) is 0 Å². The predicted molar refractivity (Wildman–Crippen MR) is 158 cm³/mol. The molecule has 4 aromatic rings. The van der Waals surface area contributed by atoms with Crippen molar-refractivity contribution in [2.45, 2.75) is 39.0 Å². The van der Waals surface area contributed by atoms with Crippen molar-refractivity contribution in [3.05, 3.63) is 110 Å². The lowest BCUT2D eigenvalue weighted by Crippen LogP contribution is -2.10. The van der Waals surface area contributed by atoms with E-state index in [1.165, 1.54) is 57.3 Å². The Morgan fingerprint density at radius 1 is 0.778 bits per heavy atom. The third-order valence-electron chi connectivity index (χ3n) is 7.47. The molecule has 0 unspecified atom stereocenters. The Bertz CT molecular complexity index is 1530. The number of halogens is 2. The summed E-state index contributed by atoms with van der Waals surface area (Å²) in [5.41, 5.74) is 12.9. The van der Waals surface area contributed by atoms with Crippen molar-refractivity contribution in [3.8, 4) is 33.4 Å². The maximum absolute atomic E-state index is 13.4. The molecule has 0 aliphatic heterocycles. The largest absolute Gasteiger partial charge is 0.294 e. The summed E-state index contributed by atoms with van der Waals surface area (Å²) in [5.74, 6) is 0.222. The standard InChI is InChI=1S/C33H26Br2O/c1-2-3-5-20-8-10-22(11-9-20)26-18-28-29(33-25(26)6-4-7-31(33)36)19-27-24(16-17-30(35)32(27)28)21-12-14-23(34)15-13-21/h4,6,8-18H,2-3,5,7,19H2,1H3. The average Bonchev–Trinajstić information content (AvgIpc) is 3.28. The van der Waals surface area contributed by atoms with E-state index in [9.17, 15) is 4.79 Å². The van der Waals surface area contributed by atoms with Gasteiger partial charge in [0.2, 0.25) is 0 Å². The number of carbonyl (C=O) groups is 1. The number of carbonyl (C=O) groups excluding carboxylic acids is 1. The van der Waals surface area contributed by atoms with Crippen LogP contribution >= 0.6 is 31.9 Å². The normalized spacial score (nSPS) is 13.5. The zero-order chi connectivity index (χ0) is 24.8. The molecule has 0 aromatic heterocycles. The molecule has 1 nitrogen and oxygen atoms in total. The predicted octanol–water partition coefficient (Wildman–Crippen LogP) is 10.1. The van der Waals surface area contributed by atoms with Gasteiger partial charge in [0.05, 0.1) is 0 Å². The molecule has 0 radical (unpaired) electrons. The summed E-state index contributed by atoms with van der Waals surface area (Å²) in [5, 5.41) is 0. The Balaban J connectivity index is 1.55. The van der Waals surface area contributed by atoms with Crippen molar-refractivity contribution in [1.29, 1.82) is 0 Å². The van der Waals surface area contributed by atoms with E-state index in [-0.39, 0.29) is 5.78 Å². The van der Waals surface area contributed by atoms with Crippen LogP contribution < -0.4 is 0 Å². The van der Waals surface area contributed by atoms with E-state index in [0.717, 1.165) is 38.5 Å². The van der Waals surface area contributed by atoms with Gasteiger partial charge in [0.1, 0.15) is 0 Å². The summed E-state index contributed by atoms with van der Waals surface area (Å²) in [6, 6.07) is 24.1. The number of hydrogen-bond donors (Lipinski definition) is 0. The minimum atomic E-state index is 0.222. The Morgan fingerprint density at radius 3 is 2.22 bits per heavy atom. The number of allylic oxidation sites excluding steroid dienone is 1. The van der Waals surface area contributed by atoms with Gasteiger partial charge in [0.25, 0.3) is 0 Å². The first-order chi connectivity index (χ1) is 17.5. The van der Waals surface area contributed by atoms with E-state index in [0.29, 0.717) is 6.42 Å². The molecule has 0 N–H and O–H groups in total. The zero-order valence-corrected chi connectivity index (χ0v) is 23.4. The minimum absolute atomic E-state index is 0.222. The maximum atomic E-state index is 13.4. The maximum Gasteiger partial charge on any atom is 0.167 e. The molecule has 6 rings (SSSR count). The second-order valence-corrected chi connectivity index (χ2v) is 11.5. The highest BCUT2D eigenvalue weighted by Crippen LogP contribution is 2.50. The lowest BCUT2D eigenvalue weighted by atomic mass is 9.83. The quantitative estimate of drug-likeness (QED) is 0.197. The van der Waals surface area contributed by atoms with Crippen LogP contribution in [0.2, 0.25) is 0 Å². The number of unbranched alkanes of at least 4 members (excludes halogenated alkanes) is 1. The summed E-state index contributed by atoms with van der Waals surface area (Å²) >= 11 is 7.41. The molecule has 0 amide bonds. The van der Waals surface area contributed by atoms with Crippen LogP contribution in [-0.2, 0) is 12.8 Å². The minimum Gasteiger partial charge on any atom is -0.294 e. The summed E-state index contributed by atoms with van der Waals surface area (Å²) in [6.07, 6.45) is 8.92. The van der Waals surface area contributed by atoms with Gasteiger partial charge >= 0.3 is 0 Å². The van der Waals surface area contributed by atoms with Crippen LogP contribution in [0.1, 0.15) is 58.8 Å². The van der Waals surface area contributed by atoms with Gasteiger partial charge in [-0.3, -0.25) is 4.79 Å². The van der Waals surface area contributed by atoms with Crippen LogP contribution in [0.15, 0.2) is 81.8 Å². The molecular weight excluding hydrogens is 572 g/mol. The highest BCUT2D eigenvalue weighted by Gasteiger charge is 2.32. The highest BCUT2D eigenvalue weighted by atomic mass is 79.9. The fourth-order valence-electron chi connectivity index (χ4n) is 5.67. The van der Waals surface area contributed by atoms with Gasteiger partial charge in [0, 0.05) is 32.9 Å². The molecule has 2 aliphatic carbocycles. The Labute approximate surface area is 229 Å². The Kier molecular flexibility index (Phi) is 6.31. The van der Waals surface area contributed by atoms with E-state index in [2.05, 4.69) is 112 Å². The molecule has 2 aliphatic rings. The number of fused-ring (bicyclic) bond motifs is 5. The average molecular weight is 598 g/mol. The fraction of sp³-hybridized carbons (Fsp3) is 0.182. The summed E-state index contributed by atoms with van der Waals surface area (Å²) in [7, 11) is 0. The smallest absolute Gasteiger partial charge is 0.167 e. The number of rotatable bonds is 5. The summed E-state index contributed by atoms with van der Waals surface area (Å²) < 4.78 is 2.15. The third-order valence-corrected chi connectivity index (χ3v) is 8.66. The van der Waals surface area contributed by atoms with E-state index in [4.69, 9.17) is 0 Å². The SMILES string of the molecule is CCCCc1ccc(-c2cc3c(c4c2C=CCC4=O)Cc2c(-c4ccc(Br)cc4)ccc(Br)c2-3)cc1. The molecular formula is C33H26Br2O. The number of ketones is 1. The van der Waals surface area contributed by atoms with Gasteiger partial charge in [0.15, 0.2) is 5.78 Å². The molecule has 4 aromatic carbocycles. The molecule has 0 fully saturated rings. The molecule has 0 atom stereocenters. The van der Waals surface area contributed by atoms with Gasteiger partial charge in [-0.15, -0.1) is 0 Å². The fourth-order valence-corrected chi connectivity index (χ4v) is 6.52. The van der Waals surface area contributed by atoms with Crippen LogP contribution in [0.5, 0.6) is 0 Å². The van der Waals surface area contributed by atoms with E-state index < -0.39 is 0 Å². The van der Waals surface area contributed by atoms with Crippen molar-refractivity contribution in [1.82, 2.24) is 0 Å². The van der Waals surface area contributed by atoms with Crippen molar-refractivity contribution in [2.75, 3.05) is 0 Å². The number of aryl methyl sites for hydroxylation is 1. The molecule has 0 spiro atoms. The van der Waals surface area contributed by atoms with Gasteiger partial charge in [-0.25, -0.2) is 0 Å². The number of hydrogen-bond acceptors (Lipinski definition) is 1. The highest BCUT2D eigenvalue weighted by molar-refractivity contribution is 9.10. The van der Waals surface area contributed by atoms with Gasteiger partial charge < -0.3 is 0 Å². The van der Waals surface area contributed by atoms with Gasteiger partial charge in [-0.2, -0.15) is 0 Å². The summed E-state index contributed by atoms with van der Waals surface area (Å²) in [4.78, 5) is 13.4. The first kappa shape index (κ1) is 23.6. The van der Waals surface area contributed by atoms with Crippen LogP contribution in [0.4, 0.5) is 0 Å². The molecule has 0 saturated carbocycles. The topological polar surface area (TPSA) is 17.1 Å². The zero-order valence-electron chi connectivity index (χ0n) is 20.2. The van der Waals surface area contributed by atoms with Crippen molar-refractivity contribution < 1.29 is 4.79 Å². The third kappa shape index (κ3) is 4.03. The van der Waals surface area contributed by atoms with Crippen LogP contribution in [0.3, 0.4) is 0 Å². The molecule has 178 valence electrons. The lowest BCUT2D eigenvalue weighted by Gasteiger charge is -2.19. The van der Waals surface area contributed by atoms with E-state index in [1.54, 1.807) is 0 Å². The van der Waals surface area contributed by atoms with Crippen LogP contribution in [-0.4, -0.2) is 5.78 Å².